The normalized spacial score (nSPS) is 20.3. The summed E-state index contributed by atoms with van der Waals surface area (Å²) >= 11 is 0. The fourth-order valence-electron chi connectivity index (χ4n) is 3.37. The van der Waals surface area contributed by atoms with Gasteiger partial charge in [-0.15, -0.1) is 0 Å². The molecule has 3 rings (SSSR count). The van der Waals surface area contributed by atoms with E-state index in [1.165, 1.54) is 19.3 Å². The van der Waals surface area contributed by atoms with Crippen molar-refractivity contribution in [2.24, 2.45) is 5.92 Å². The first-order valence-corrected chi connectivity index (χ1v) is 9.00. The number of hydrogen-bond acceptors (Lipinski definition) is 4. The van der Waals surface area contributed by atoms with Crippen molar-refractivity contribution >= 4 is 5.91 Å². The molecule has 25 heavy (non-hydrogen) atoms. The summed E-state index contributed by atoms with van der Waals surface area (Å²) in [5.74, 6) is 1.94. The van der Waals surface area contributed by atoms with Crippen LogP contribution in [0.4, 0.5) is 0 Å². The summed E-state index contributed by atoms with van der Waals surface area (Å²) in [4.78, 5) is 12.6. The molecule has 2 aromatic rings. The highest BCUT2D eigenvalue weighted by Gasteiger charge is 2.23. The van der Waals surface area contributed by atoms with Crippen LogP contribution in [0.5, 0.6) is 5.75 Å². The lowest BCUT2D eigenvalue weighted by molar-refractivity contribution is 0.0909. The van der Waals surface area contributed by atoms with Gasteiger partial charge in [-0.25, -0.2) is 0 Å². The van der Waals surface area contributed by atoms with Crippen molar-refractivity contribution in [1.82, 2.24) is 10.5 Å². The number of benzene rings is 1. The monoisotopic (exact) mass is 342 g/mol. The summed E-state index contributed by atoms with van der Waals surface area (Å²) in [6.07, 6.45) is 4.70. The standard InChI is InChI=1S/C20H26N2O3/c1-13-7-4-5-10-19(13)21-20(23)16-8-6-9-17(11-16)24-12-18-14(2)22-25-15(18)3/h6,8-9,11,13,19H,4-5,7,10,12H2,1-3H3,(H,21,23). The number of nitrogens with zero attached hydrogens (tertiary/aromatic N) is 1. The number of amides is 1. The zero-order chi connectivity index (χ0) is 17.8. The van der Waals surface area contributed by atoms with E-state index in [1.54, 1.807) is 6.07 Å². The minimum absolute atomic E-state index is 0.0264. The van der Waals surface area contributed by atoms with E-state index in [-0.39, 0.29) is 11.9 Å². The second kappa shape index (κ2) is 7.72. The Hall–Kier alpha value is -2.30. The van der Waals surface area contributed by atoms with Crippen LogP contribution in [-0.4, -0.2) is 17.1 Å². The Kier molecular flexibility index (Phi) is 5.41. The van der Waals surface area contributed by atoms with E-state index in [2.05, 4.69) is 17.4 Å². The van der Waals surface area contributed by atoms with Gasteiger partial charge >= 0.3 is 0 Å². The molecule has 134 valence electrons. The van der Waals surface area contributed by atoms with Crippen LogP contribution >= 0.6 is 0 Å². The number of nitrogens with one attached hydrogen (secondary N) is 1. The Morgan fingerprint density at radius 3 is 2.84 bits per heavy atom. The summed E-state index contributed by atoms with van der Waals surface area (Å²) in [7, 11) is 0. The van der Waals surface area contributed by atoms with Gasteiger partial charge in [-0.3, -0.25) is 4.79 Å². The minimum atomic E-state index is -0.0264. The molecule has 2 unspecified atom stereocenters. The molecule has 1 heterocycles. The molecule has 1 aliphatic carbocycles. The molecule has 1 aromatic carbocycles. The molecular formula is C20H26N2O3. The topological polar surface area (TPSA) is 64.4 Å². The van der Waals surface area contributed by atoms with Crippen LogP contribution in [0.15, 0.2) is 28.8 Å². The van der Waals surface area contributed by atoms with Crippen LogP contribution in [0, 0.1) is 19.8 Å². The maximum atomic E-state index is 12.6. The summed E-state index contributed by atoms with van der Waals surface area (Å²) < 4.78 is 11.0. The third-order valence-corrected chi connectivity index (χ3v) is 5.09. The van der Waals surface area contributed by atoms with E-state index in [9.17, 15) is 4.79 Å². The first-order valence-electron chi connectivity index (χ1n) is 9.00. The zero-order valence-corrected chi connectivity index (χ0v) is 15.2. The number of ether oxygens (including phenoxy) is 1. The van der Waals surface area contributed by atoms with E-state index in [1.807, 2.05) is 32.0 Å². The van der Waals surface area contributed by atoms with Gasteiger partial charge in [0.25, 0.3) is 5.91 Å². The van der Waals surface area contributed by atoms with Crippen molar-refractivity contribution in [3.63, 3.8) is 0 Å². The highest BCUT2D eigenvalue weighted by Crippen LogP contribution is 2.24. The Bertz CT molecular complexity index is 719. The van der Waals surface area contributed by atoms with Gasteiger partial charge < -0.3 is 14.6 Å². The Morgan fingerprint density at radius 2 is 2.12 bits per heavy atom. The third-order valence-electron chi connectivity index (χ3n) is 5.09. The van der Waals surface area contributed by atoms with Gasteiger partial charge in [0.1, 0.15) is 18.1 Å². The molecule has 1 aliphatic rings. The molecule has 0 spiro atoms. The number of aryl methyl sites for hydroxylation is 2. The average molecular weight is 342 g/mol. The lowest BCUT2D eigenvalue weighted by Crippen LogP contribution is -2.41. The molecule has 1 saturated carbocycles. The molecule has 2 atom stereocenters. The van der Waals surface area contributed by atoms with Gasteiger partial charge in [0, 0.05) is 11.6 Å². The van der Waals surface area contributed by atoms with Crippen molar-refractivity contribution in [1.29, 1.82) is 0 Å². The summed E-state index contributed by atoms with van der Waals surface area (Å²) in [6, 6.07) is 7.60. The lowest BCUT2D eigenvalue weighted by atomic mass is 9.86. The summed E-state index contributed by atoms with van der Waals surface area (Å²) in [6.45, 7) is 6.36. The van der Waals surface area contributed by atoms with Crippen molar-refractivity contribution in [3.05, 3.63) is 46.8 Å². The molecule has 0 saturated heterocycles. The van der Waals surface area contributed by atoms with Gasteiger partial charge in [0.05, 0.1) is 11.3 Å². The SMILES string of the molecule is Cc1noc(C)c1COc1cccc(C(=O)NC2CCCCC2C)c1. The number of aromatic nitrogens is 1. The van der Waals surface area contributed by atoms with Crippen molar-refractivity contribution in [2.45, 2.75) is 59.1 Å². The quantitative estimate of drug-likeness (QED) is 0.885. The maximum Gasteiger partial charge on any atom is 0.251 e. The van der Waals surface area contributed by atoms with Crippen molar-refractivity contribution < 1.29 is 14.1 Å². The van der Waals surface area contributed by atoms with E-state index in [0.29, 0.717) is 23.8 Å². The van der Waals surface area contributed by atoms with Crippen LogP contribution in [0.2, 0.25) is 0 Å². The molecule has 0 aliphatic heterocycles. The molecule has 0 bridgehead atoms. The van der Waals surface area contributed by atoms with Gasteiger partial charge in [0.2, 0.25) is 0 Å². The highest BCUT2D eigenvalue weighted by atomic mass is 16.5. The van der Waals surface area contributed by atoms with Crippen LogP contribution in [-0.2, 0) is 6.61 Å². The van der Waals surface area contributed by atoms with Gasteiger partial charge in [0.15, 0.2) is 0 Å². The molecule has 1 fully saturated rings. The Balaban J connectivity index is 1.63. The fourth-order valence-corrected chi connectivity index (χ4v) is 3.37. The molecule has 1 amide bonds. The van der Waals surface area contributed by atoms with E-state index >= 15 is 0 Å². The van der Waals surface area contributed by atoms with Crippen LogP contribution in [0.1, 0.15) is 60.0 Å². The lowest BCUT2D eigenvalue weighted by Gasteiger charge is -2.29. The van der Waals surface area contributed by atoms with Crippen molar-refractivity contribution in [2.75, 3.05) is 0 Å². The molecule has 1 N–H and O–H groups in total. The predicted molar refractivity (Wildman–Crippen MR) is 95.6 cm³/mol. The smallest absolute Gasteiger partial charge is 0.251 e. The van der Waals surface area contributed by atoms with Gasteiger partial charge in [-0.1, -0.05) is 31.0 Å². The number of carbonyl (C=O) groups is 1. The number of hydrogen-bond donors (Lipinski definition) is 1. The largest absolute Gasteiger partial charge is 0.489 e. The predicted octanol–water partition coefficient (Wildman–Crippen LogP) is 4.18. The highest BCUT2D eigenvalue weighted by molar-refractivity contribution is 5.94. The zero-order valence-electron chi connectivity index (χ0n) is 15.2. The van der Waals surface area contributed by atoms with E-state index < -0.39 is 0 Å². The first kappa shape index (κ1) is 17.5. The molecule has 5 heteroatoms. The Morgan fingerprint density at radius 1 is 1.32 bits per heavy atom. The first-order chi connectivity index (χ1) is 12.0. The molecule has 5 nitrogen and oxygen atoms in total. The molecular weight excluding hydrogens is 316 g/mol. The average Bonchev–Trinajstić information content (AvgIpc) is 2.93. The van der Waals surface area contributed by atoms with E-state index in [4.69, 9.17) is 9.26 Å². The molecule has 0 radical (unpaired) electrons. The third kappa shape index (κ3) is 4.21. The second-order valence-electron chi connectivity index (χ2n) is 6.96. The van der Waals surface area contributed by atoms with Gasteiger partial charge in [-0.05, 0) is 50.8 Å². The number of rotatable bonds is 5. The van der Waals surface area contributed by atoms with Crippen LogP contribution < -0.4 is 10.1 Å². The van der Waals surface area contributed by atoms with Crippen LogP contribution in [0.3, 0.4) is 0 Å². The second-order valence-corrected chi connectivity index (χ2v) is 6.96. The number of carbonyl (C=O) groups excluding carboxylic acids is 1. The maximum absolute atomic E-state index is 12.6. The van der Waals surface area contributed by atoms with E-state index in [0.717, 1.165) is 23.4 Å². The summed E-state index contributed by atoms with van der Waals surface area (Å²) in [5, 5.41) is 7.11. The summed E-state index contributed by atoms with van der Waals surface area (Å²) in [5.41, 5.74) is 2.41. The molecule has 1 aromatic heterocycles. The minimum Gasteiger partial charge on any atom is -0.489 e. The van der Waals surface area contributed by atoms with Gasteiger partial charge in [-0.2, -0.15) is 0 Å². The fraction of sp³-hybridized carbons (Fsp3) is 0.500. The van der Waals surface area contributed by atoms with Crippen LogP contribution in [0.25, 0.3) is 0 Å². The van der Waals surface area contributed by atoms with Crippen molar-refractivity contribution in [3.8, 4) is 5.75 Å². The Labute approximate surface area is 148 Å².